The average Bonchev–Trinajstić information content (AvgIpc) is 3.11. The second-order valence-corrected chi connectivity index (χ2v) is 5.90. The molecule has 0 aliphatic heterocycles. The first-order chi connectivity index (χ1) is 12.7. The van der Waals surface area contributed by atoms with E-state index in [0.717, 1.165) is 22.0 Å². The number of ether oxygens (including phenoxy) is 1. The first-order valence-corrected chi connectivity index (χ1v) is 8.38. The number of hydrogen-bond acceptors (Lipinski definition) is 3. The number of fused-ring (bicyclic) bond motifs is 1. The molecule has 3 rings (SSSR count). The monoisotopic (exact) mass is 351 g/mol. The molecule has 6 nitrogen and oxygen atoms in total. The van der Waals surface area contributed by atoms with Crippen LogP contribution in [0.25, 0.3) is 10.9 Å². The summed E-state index contributed by atoms with van der Waals surface area (Å²) in [6, 6.07) is 18.1. The molecule has 0 unspecified atom stereocenters. The van der Waals surface area contributed by atoms with Crippen LogP contribution < -0.4 is 10.6 Å². The number of hydrogen-bond donors (Lipinski definition) is 3. The van der Waals surface area contributed by atoms with Gasteiger partial charge in [-0.1, -0.05) is 48.5 Å². The predicted octanol–water partition coefficient (Wildman–Crippen LogP) is 2.77. The van der Waals surface area contributed by atoms with Crippen molar-refractivity contribution in [2.24, 2.45) is 0 Å². The minimum absolute atomic E-state index is 0.00516. The summed E-state index contributed by atoms with van der Waals surface area (Å²) in [5.41, 5.74) is 3.29. The number of nitrogens with one attached hydrogen (secondary N) is 3. The van der Waals surface area contributed by atoms with E-state index in [1.165, 1.54) is 7.11 Å². The molecule has 0 bridgehead atoms. The lowest BCUT2D eigenvalue weighted by Gasteiger charge is -2.18. The third kappa shape index (κ3) is 4.03. The van der Waals surface area contributed by atoms with E-state index in [-0.39, 0.29) is 18.4 Å². The molecule has 1 heterocycles. The number of aromatic nitrogens is 1. The van der Waals surface area contributed by atoms with Crippen molar-refractivity contribution in [3.63, 3.8) is 0 Å². The smallest absolute Gasteiger partial charge is 0.407 e. The van der Waals surface area contributed by atoms with E-state index < -0.39 is 6.09 Å². The Bertz CT molecular complexity index is 889. The normalized spacial score (nSPS) is 11.7. The summed E-state index contributed by atoms with van der Waals surface area (Å²) in [6.07, 6.45) is 1.36. The van der Waals surface area contributed by atoms with Gasteiger partial charge in [-0.2, -0.15) is 0 Å². The Labute approximate surface area is 151 Å². The van der Waals surface area contributed by atoms with Gasteiger partial charge in [0.1, 0.15) is 0 Å². The van der Waals surface area contributed by atoms with Crippen molar-refractivity contribution in [1.29, 1.82) is 0 Å². The maximum atomic E-state index is 12.0. The SMILES string of the molecule is COC(=O)NCC(=O)NC[C@H](c1ccccc1)c1c[nH]c2ccccc12. The average molecular weight is 351 g/mol. The molecule has 0 aliphatic carbocycles. The second-order valence-electron chi connectivity index (χ2n) is 5.90. The summed E-state index contributed by atoms with van der Waals surface area (Å²) in [4.78, 5) is 26.4. The van der Waals surface area contributed by atoms with Crippen molar-refractivity contribution in [1.82, 2.24) is 15.6 Å². The molecule has 0 saturated carbocycles. The van der Waals surface area contributed by atoms with Crippen LogP contribution in [-0.2, 0) is 9.53 Å². The molecule has 1 atom stereocenters. The number of benzene rings is 2. The largest absolute Gasteiger partial charge is 0.453 e. The Morgan fingerprint density at radius 3 is 2.54 bits per heavy atom. The van der Waals surface area contributed by atoms with Crippen molar-refractivity contribution in [2.45, 2.75) is 5.92 Å². The zero-order chi connectivity index (χ0) is 18.4. The van der Waals surface area contributed by atoms with E-state index in [0.29, 0.717) is 6.54 Å². The minimum Gasteiger partial charge on any atom is -0.453 e. The number of carbonyl (C=O) groups excluding carboxylic acids is 2. The highest BCUT2D eigenvalue weighted by Gasteiger charge is 2.19. The van der Waals surface area contributed by atoms with Crippen LogP contribution in [0.3, 0.4) is 0 Å². The highest BCUT2D eigenvalue weighted by molar-refractivity contribution is 5.85. The molecule has 0 spiro atoms. The van der Waals surface area contributed by atoms with Gasteiger partial charge in [0.05, 0.1) is 13.7 Å². The van der Waals surface area contributed by atoms with Crippen LogP contribution in [-0.4, -0.2) is 37.2 Å². The Hall–Kier alpha value is -3.28. The molecule has 0 radical (unpaired) electrons. The molecule has 1 aromatic heterocycles. The predicted molar refractivity (Wildman–Crippen MR) is 100 cm³/mol. The van der Waals surface area contributed by atoms with Gasteiger partial charge in [0.25, 0.3) is 0 Å². The van der Waals surface area contributed by atoms with Gasteiger partial charge in [-0.05, 0) is 17.2 Å². The van der Waals surface area contributed by atoms with Gasteiger partial charge in [-0.25, -0.2) is 4.79 Å². The van der Waals surface area contributed by atoms with Crippen LogP contribution in [0.2, 0.25) is 0 Å². The number of rotatable bonds is 6. The third-order valence-electron chi connectivity index (χ3n) is 4.28. The zero-order valence-electron chi connectivity index (χ0n) is 14.5. The zero-order valence-corrected chi connectivity index (χ0v) is 14.5. The number of amides is 2. The standard InChI is InChI=1S/C20H21N3O3/c1-26-20(25)23-13-19(24)22-11-16(14-7-3-2-4-8-14)17-12-21-18-10-6-5-9-15(17)18/h2-10,12,16,21H,11,13H2,1H3,(H,22,24)(H,23,25)/t16-/m1/s1. The molecule has 0 aliphatic rings. The number of carbonyl (C=O) groups is 2. The van der Waals surface area contributed by atoms with E-state index in [1.807, 2.05) is 54.7 Å². The van der Waals surface area contributed by atoms with Crippen molar-refractivity contribution in [3.05, 3.63) is 71.9 Å². The lowest BCUT2D eigenvalue weighted by atomic mass is 9.91. The quantitative estimate of drug-likeness (QED) is 0.638. The fourth-order valence-corrected chi connectivity index (χ4v) is 2.98. The fourth-order valence-electron chi connectivity index (χ4n) is 2.98. The highest BCUT2D eigenvalue weighted by atomic mass is 16.5. The van der Waals surface area contributed by atoms with Crippen molar-refractivity contribution in [2.75, 3.05) is 20.2 Å². The van der Waals surface area contributed by atoms with Gasteiger partial charge in [0.15, 0.2) is 0 Å². The van der Waals surface area contributed by atoms with E-state index in [1.54, 1.807) is 0 Å². The lowest BCUT2D eigenvalue weighted by Crippen LogP contribution is -2.38. The molecular formula is C20H21N3O3. The first kappa shape index (κ1) is 17.5. The van der Waals surface area contributed by atoms with E-state index in [9.17, 15) is 9.59 Å². The van der Waals surface area contributed by atoms with E-state index >= 15 is 0 Å². The van der Waals surface area contributed by atoms with Crippen molar-refractivity contribution < 1.29 is 14.3 Å². The summed E-state index contributed by atoms with van der Waals surface area (Å²) in [7, 11) is 1.26. The topological polar surface area (TPSA) is 83.2 Å². The molecule has 3 N–H and O–H groups in total. The molecule has 26 heavy (non-hydrogen) atoms. The van der Waals surface area contributed by atoms with E-state index in [2.05, 4.69) is 26.4 Å². The third-order valence-corrected chi connectivity index (χ3v) is 4.28. The van der Waals surface area contributed by atoms with Crippen LogP contribution in [0.1, 0.15) is 17.0 Å². The van der Waals surface area contributed by atoms with Crippen LogP contribution in [0.5, 0.6) is 0 Å². The minimum atomic E-state index is -0.628. The maximum absolute atomic E-state index is 12.0. The van der Waals surface area contributed by atoms with Crippen LogP contribution in [0.15, 0.2) is 60.8 Å². The fraction of sp³-hybridized carbons (Fsp3) is 0.200. The number of para-hydroxylation sites is 1. The summed E-state index contributed by atoms with van der Waals surface area (Å²) in [5.74, 6) is -0.273. The van der Waals surface area contributed by atoms with Gasteiger partial charge >= 0.3 is 6.09 Å². The number of aromatic amines is 1. The van der Waals surface area contributed by atoms with Crippen LogP contribution >= 0.6 is 0 Å². The Kier molecular flexibility index (Phi) is 5.53. The number of alkyl carbamates (subject to hydrolysis) is 1. The van der Waals surface area contributed by atoms with Gasteiger partial charge < -0.3 is 20.4 Å². The van der Waals surface area contributed by atoms with Gasteiger partial charge in [-0.3, -0.25) is 4.79 Å². The Morgan fingerprint density at radius 2 is 1.77 bits per heavy atom. The highest BCUT2D eigenvalue weighted by Crippen LogP contribution is 2.30. The van der Waals surface area contributed by atoms with E-state index in [4.69, 9.17) is 0 Å². The van der Waals surface area contributed by atoms with Gasteiger partial charge in [0, 0.05) is 29.6 Å². The van der Waals surface area contributed by atoms with Crippen molar-refractivity contribution >= 4 is 22.9 Å². The molecule has 0 fully saturated rings. The summed E-state index contributed by atoms with van der Waals surface area (Å²) >= 11 is 0. The van der Waals surface area contributed by atoms with Crippen LogP contribution in [0.4, 0.5) is 4.79 Å². The lowest BCUT2D eigenvalue weighted by molar-refractivity contribution is -0.120. The summed E-state index contributed by atoms with van der Waals surface area (Å²) < 4.78 is 4.47. The molecule has 3 aromatic rings. The molecule has 0 saturated heterocycles. The molecule has 2 aromatic carbocycles. The van der Waals surface area contributed by atoms with Gasteiger partial charge in [0.2, 0.25) is 5.91 Å². The Balaban J connectivity index is 1.79. The number of methoxy groups -OCH3 is 1. The molecule has 2 amide bonds. The molecule has 6 heteroatoms. The van der Waals surface area contributed by atoms with Gasteiger partial charge in [-0.15, -0.1) is 0 Å². The first-order valence-electron chi connectivity index (χ1n) is 8.38. The van der Waals surface area contributed by atoms with Crippen LogP contribution in [0, 0.1) is 0 Å². The Morgan fingerprint density at radius 1 is 1.04 bits per heavy atom. The van der Waals surface area contributed by atoms with Crippen molar-refractivity contribution in [3.8, 4) is 0 Å². The summed E-state index contributed by atoms with van der Waals surface area (Å²) in [5, 5.41) is 6.40. The molecular weight excluding hydrogens is 330 g/mol. The maximum Gasteiger partial charge on any atom is 0.407 e. The summed E-state index contributed by atoms with van der Waals surface area (Å²) in [6.45, 7) is 0.301. The second kappa shape index (κ2) is 8.20. The molecule has 134 valence electrons. The number of H-pyrrole nitrogens is 1.